The second kappa shape index (κ2) is 11.3. The first kappa shape index (κ1) is 26.6. The number of anilines is 1. The van der Waals surface area contributed by atoms with Crippen LogP contribution in [0.3, 0.4) is 0 Å². The Kier molecular flexibility index (Phi) is 7.90. The molecule has 1 N–H and O–H groups in total. The molecule has 4 rings (SSSR count). The minimum Gasteiger partial charge on any atom is -0.497 e. The molecule has 3 aromatic carbocycles. The highest BCUT2D eigenvalue weighted by molar-refractivity contribution is 5.96. The summed E-state index contributed by atoms with van der Waals surface area (Å²) in [6.07, 6.45) is 3.97. The summed E-state index contributed by atoms with van der Waals surface area (Å²) in [6, 6.07) is 18.7. The Hall–Kier alpha value is -4.46. The smallest absolute Gasteiger partial charge is 0.337 e. The van der Waals surface area contributed by atoms with Gasteiger partial charge in [-0.1, -0.05) is 12.1 Å². The van der Waals surface area contributed by atoms with Gasteiger partial charge in [0.15, 0.2) is 0 Å². The maximum atomic E-state index is 14.0. The summed E-state index contributed by atoms with van der Waals surface area (Å²) in [6.45, 7) is 4.89. The van der Waals surface area contributed by atoms with Crippen LogP contribution in [0.2, 0.25) is 0 Å². The molecule has 196 valence electrons. The normalized spacial score (nSPS) is 17.5. The lowest BCUT2D eigenvalue weighted by atomic mass is 9.76. The van der Waals surface area contributed by atoms with Gasteiger partial charge in [0.05, 0.1) is 19.8 Å². The van der Waals surface area contributed by atoms with Crippen LogP contribution in [0, 0.1) is 5.82 Å². The first-order valence-corrected chi connectivity index (χ1v) is 12.2. The molecule has 0 fully saturated rings. The van der Waals surface area contributed by atoms with Crippen LogP contribution in [0.1, 0.15) is 45.7 Å². The van der Waals surface area contributed by atoms with Crippen LogP contribution in [-0.4, -0.2) is 38.9 Å². The molecule has 0 saturated carbocycles. The van der Waals surface area contributed by atoms with Crippen LogP contribution in [-0.2, 0) is 16.6 Å². The lowest BCUT2D eigenvalue weighted by Gasteiger charge is -2.30. The summed E-state index contributed by atoms with van der Waals surface area (Å²) in [5.41, 5.74) is 6.67. The van der Waals surface area contributed by atoms with Gasteiger partial charge < -0.3 is 14.4 Å². The largest absolute Gasteiger partial charge is 0.497 e. The van der Waals surface area contributed by atoms with Crippen molar-refractivity contribution in [2.24, 2.45) is 5.10 Å². The molecule has 1 unspecified atom stereocenters. The van der Waals surface area contributed by atoms with E-state index in [2.05, 4.69) is 34.0 Å². The van der Waals surface area contributed by atoms with E-state index in [-0.39, 0.29) is 5.82 Å². The number of nitrogens with one attached hydrogen (secondary N) is 1. The van der Waals surface area contributed by atoms with Gasteiger partial charge in [-0.3, -0.25) is 4.79 Å². The number of carbonyl (C=O) groups excluding carboxylic acids is 2. The van der Waals surface area contributed by atoms with Gasteiger partial charge in [-0.05, 0) is 92.1 Å². The molecule has 0 saturated heterocycles. The number of methoxy groups -OCH3 is 2. The third kappa shape index (κ3) is 5.29. The zero-order valence-electron chi connectivity index (χ0n) is 21.8. The fraction of sp³-hybridized carbons (Fsp3) is 0.233. The highest BCUT2D eigenvalue weighted by atomic mass is 19.1. The molecule has 0 spiro atoms. The van der Waals surface area contributed by atoms with E-state index in [1.54, 1.807) is 25.5 Å². The number of likely N-dealkylation sites (N-methyl/N-ethyl adjacent to an activating group) is 1. The van der Waals surface area contributed by atoms with E-state index in [1.807, 2.05) is 30.3 Å². The summed E-state index contributed by atoms with van der Waals surface area (Å²) in [4.78, 5) is 26.3. The minimum atomic E-state index is -0.507. The molecular weight excluding hydrogens is 485 g/mol. The number of benzene rings is 3. The second-order valence-corrected chi connectivity index (χ2v) is 9.11. The van der Waals surface area contributed by atoms with E-state index < -0.39 is 17.3 Å². The van der Waals surface area contributed by atoms with Gasteiger partial charge in [-0.2, -0.15) is 5.10 Å². The summed E-state index contributed by atoms with van der Waals surface area (Å²) in [5, 5.41) is 4.13. The molecule has 0 radical (unpaired) electrons. The zero-order valence-corrected chi connectivity index (χ0v) is 21.8. The van der Waals surface area contributed by atoms with Crippen molar-refractivity contribution in [2.45, 2.75) is 25.7 Å². The van der Waals surface area contributed by atoms with E-state index in [1.165, 1.54) is 37.4 Å². The molecule has 0 aromatic heterocycles. The highest BCUT2D eigenvalue weighted by Gasteiger charge is 2.43. The number of hydrogen-bond donors (Lipinski definition) is 1. The van der Waals surface area contributed by atoms with E-state index >= 15 is 0 Å². The van der Waals surface area contributed by atoms with Crippen LogP contribution in [0.4, 0.5) is 10.1 Å². The number of allylic oxidation sites excluding steroid dienone is 2. The monoisotopic (exact) mass is 515 g/mol. The van der Waals surface area contributed by atoms with Crippen molar-refractivity contribution >= 4 is 23.8 Å². The summed E-state index contributed by atoms with van der Waals surface area (Å²) in [5.74, 6) is -0.425. The number of ether oxygens (including phenoxy) is 2. The predicted molar refractivity (Wildman–Crippen MR) is 145 cm³/mol. The molecule has 1 atom stereocenters. The number of amides is 1. The Morgan fingerprint density at radius 1 is 1.05 bits per heavy atom. The van der Waals surface area contributed by atoms with Crippen molar-refractivity contribution in [3.8, 4) is 5.75 Å². The zero-order chi connectivity index (χ0) is 27.3. The number of hydrazone groups is 1. The van der Waals surface area contributed by atoms with Gasteiger partial charge >= 0.3 is 5.97 Å². The maximum absolute atomic E-state index is 14.0. The molecule has 8 heteroatoms. The SMILES string of the molecule is CCN1/C(=C\C=N\NC(=O)c2ccc(C(=O)OC)cc2)C(C)(Cc2cccc(F)c2)c2cc(OC)ccc21. The number of esters is 1. The van der Waals surface area contributed by atoms with Gasteiger partial charge in [-0.15, -0.1) is 0 Å². The third-order valence-corrected chi connectivity index (χ3v) is 6.75. The van der Waals surface area contributed by atoms with Crippen LogP contribution in [0.15, 0.2) is 83.6 Å². The molecule has 7 nitrogen and oxygen atoms in total. The Labute approximate surface area is 221 Å². The number of halogens is 1. The van der Waals surface area contributed by atoms with E-state index in [9.17, 15) is 14.0 Å². The number of fused-ring (bicyclic) bond motifs is 1. The average Bonchev–Trinajstić information content (AvgIpc) is 3.16. The molecule has 1 aliphatic rings. The molecule has 1 heterocycles. The molecule has 1 aliphatic heterocycles. The van der Waals surface area contributed by atoms with Gasteiger partial charge in [-0.25, -0.2) is 14.6 Å². The van der Waals surface area contributed by atoms with Crippen molar-refractivity contribution < 1.29 is 23.5 Å². The Balaban J connectivity index is 1.62. The topological polar surface area (TPSA) is 80.2 Å². The lowest BCUT2D eigenvalue weighted by Crippen LogP contribution is -2.31. The fourth-order valence-corrected chi connectivity index (χ4v) is 4.88. The van der Waals surface area contributed by atoms with Crippen molar-refractivity contribution in [1.82, 2.24) is 5.43 Å². The van der Waals surface area contributed by atoms with Crippen LogP contribution >= 0.6 is 0 Å². The van der Waals surface area contributed by atoms with E-state index in [0.29, 0.717) is 24.1 Å². The summed E-state index contributed by atoms with van der Waals surface area (Å²) in [7, 11) is 2.93. The first-order valence-electron chi connectivity index (χ1n) is 12.2. The summed E-state index contributed by atoms with van der Waals surface area (Å²) >= 11 is 0. The standard InChI is InChI=1S/C30H30FN3O4/c1-5-34-26-14-13-24(37-3)18-25(26)30(2,19-20-7-6-8-23(31)17-20)27(34)15-16-32-33-28(35)21-9-11-22(12-10-21)29(36)38-4/h6-18H,5,19H2,1-4H3,(H,33,35)/b27-15-,32-16+. The molecule has 0 bridgehead atoms. The van der Waals surface area contributed by atoms with Gasteiger partial charge in [0.25, 0.3) is 5.91 Å². The van der Waals surface area contributed by atoms with Crippen molar-refractivity contribution in [2.75, 3.05) is 25.7 Å². The Morgan fingerprint density at radius 2 is 1.79 bits per heavy atom. The molecule has 3 aromatic rings. The molecule has 0 aliphatic carbocycles. The number of carbonyl (C=O) groups is 2. The van der Waals surface area contributed by atoms with Gasteiger partial charge in [0.1, 0.15) is 11.6 Å². The van der Waals surface area contributed by atoms with Gasteiger partial charge in [0, 0.05) is 35.1 Å². The fourth-order valence-electron chi connectivity index (χ4n) is 4.88. The number of nitrogens with zero attached hydrogens (tertiary/aromatic N) is 2. The lowest BCUT2D eigenvalue weighted by molar-refractivity contribution is 0.0600. The Bertz CT molecular complexity index is 1400. The first-order chi connectivity index (χ1) is 18.3. The van der Waals surface area contributed by atoms with Crippen molar-refractivity contribution in [1.29, 1.82) is 0 Å². The predicted octanol–water partition coefficient (Wildman–Crippen LogP) is 5.26. The number of rotatable bonds is 8. The van der Waals surface area contributed by atoms with Crippen molar-refractivity contribution in [3.63, 3.8) is 0 Å². The molecular formula is C30H30FN3O4. The molecule has 1 amide bonds. The maximum Gasteiger partial charge on any atom is 0.337 e. The quantitative estimate of drug-likeness (QED) is 0.252. The van der Waals surface area contributed by atoms with Crippen molar-refractivity contribution in [3.05, 3.63) is 107 Å². The average molecular weight is 516 g/mol. The van der Waals surface area contributed by atoms with Gasteiger partial charge in [0.2, 0.25) is 0 Å². The third-order valence-electron chi connectivity index (χ3n) is 6.75. The Morgan fingerprint density at radius 3 is 2.45 bits per heavy atom. The highest BCUT2D eigenvalue weighted by Crippen LogP contribution is 2.50. The van der Waals surface area contributed by atoms with E-state index in [4.69, 9.17) is 4.74 Å². The summed E-state index contributed by atoms with van der Waals surface area (Å²) < 4.78 is 24.2. The second-order valence-electron chi connectivity index (χ2n) is 9.11. The number of hydrogen-bond acceptors (Lipinski definition) is 6. The minimum absolute atomic E-state index is 0.281. The molecule has 38 heavy (non-hydrogen) atoms. The van der Waals surface area contributed by atoms with E-state index in [0.717, 1.165) is 28.3 Å². The van der Waals surface area contributed by atoms with Crippen LogP contribution < -0.4 is 15.1 Å². The van der Waals surface area contributed by atoms with Crippen LogP contribution in [0.25, 0.3) is 0 Å². The van der Waals surface area contributed by atoms with Crippen LogP contribution in [0.5, 0.6) is 5.75 Å².